The van der Waals surface area contributed by atoms with E-state index >= 15 is 0 Å². The molecule has 1 amide bonds. The molecule has 2 aliphatic rings. The van der Waals surface area contributed by atoms with Crippen molar-refractivity contribution in [2.45, 2.75) is 45.7 Å². The minimum absolute atomic E-state index is 0.0870. The van der Waals surface area contributed by atoms with Crippen molar-refractivity contribution in [2.75, 3.05) is 31.2 Å². The first kappa shape index (κ1) is 19.9. The van der Waals surface area contributed by atoms with E-state index in [1.807, 2.05) is 4.90 Å². The third kappa shape index (κ3) is 4.15. The maximum atomic E-state index is 14.6. The molecule has 2 aromatic rings. The quantitative estimate of drug-likeness (QED) is 0.705. The van der Waals surface area contributed by atoms with Gasteiger partial charge in [0.15, 0.2) is 0 Å². The van der Waals surface area contributed by atoms with Gasteiger partial charge >= 0.3 is 0 Å². The first-order valence-electron chi connectivity index (χ1n) is 10.5. The largest absolute Gasteiger partial charge is 0.378 e. The number of aromatic nitrogens is 1. The topological polar surface area (TPSA) is 58.8 Å². The van der Waals surface area contributed by atoms with Crippen LogP contribution in [-0.2, 0) is 16.1 Å². The van der Waals surface area contributed by atoms with Crippen LogP contribution in [0.4, 0.5) is 10.3 Å². The van der Waals surface area contributed by atoms with Crippen LogP contribution in [0.25, 0.3) is 11.3 Å². The Balaban J connectivity index is 1.74. The van der Waals surface area contributed by atoms with Gasteiger partial charge in [-0.3, -0.25) is 4.79 Å². The lowest BCUT2D eigenvalue weighted by Gasteiger charge is -2.31. The van der Waals surface area contributed by atoms with Gasteiger partial charge in [-0.2, -0.15) is 0 Å². The summed E-state index contributed by atoms with van der Waals surface area (Å²) < 4.78 is 25.8. The average molecular weight is 401 g/mol. The highest BCUT2D eigenvalue weighted by Gasteiger charge is 2.37. The number of carbonyl (C=O) groups is 1. The predicted octanol–water partition coefficient (Wildman–Crippen LogP) is 3.85. The molecule has 0 spiro atoms. The summed E-state index contributed by atoms with van der Waals surface area (Å²) in [5, 5.41) is 4.25. The summed E-state index contributed by atoms with van der Waals surface area (Å²) in [6.45, 7) is 7.06. The van der Waals surface area contributed by atoms with E-state index in [0.29, 0.717) is 50.0 Å². The molecule has 1 saturated heterocycles. The summed E-state index contributed by atoms with van der Waals surface area (Å²) in [4.78, 5) is 17.0. The molecule has 156 valence electrons. The van der Waals surface area contributed by atoms with Gasteiger partial charge in [0.2, 0.25) is 11.8 Å². The Morgan fingerprint density at radius 3 is 2.69 bits per heavy atom. The summed E-state index contributed by atoms with van der Waals surface area (Å²) in [6.07, 6.45) is 2.75. The number of amides is 1. The number of carbonyl (C=O) groups excluding carboxylic acids is 1. The predicted molar refractivity (Wildman–Crippen MR) is 108 cm³/mol. The van der Waals surface area contributed by atoms with Crippen molar-refractivity contribution in [3.63, 3.8) is 0 Å². The number of morpholine rings is 1. The molecule has 2 heterocycles. The zero-order valence-electron chi connectivity index (χ0n) is 17.1. The fraction of sp³-hybridized carbons (Fsp3) is 0.545. The molecule has 4 rings (SSSR count). The van der Waals surface area contributed by atoms with Crippen molar-refractivity contribution in [2.24, 2.45) is 5.92 Å². The number of rotatable bonds is 7. The minimum Gasteiger partial charge on any atom is -0.378 e. The van der Waals surface area contributed by atoms with Crippen molar-refractivity contribution < 1.29 is 18.4 Å². The molecule has 1 aromatic heterocycles. The number of halogens is 1. The molecule has 1 atom stereocenters. The maximum absolute atomic E-state index is 14.6. The van der Waals surface area contributed by atoms with Gasteiger partial charge in [-0.1, -0.05) is 24.2 Å². The Hall–Kier alpha value is -2.41. The molecule has 0 bridgehead atoms. The lowest BCUT2D eigenvalue weighted by atomic mass is 10.0. The van der Waals surface area contributed by atoms with Gasteiger partial charge in [0.05, 0.1) is 25.3 Å². The van der Waals surface area contributed by atoms with Crippen molar-refractivity contribution >= 4 is 11.8 Å². The van der Waals surface area contributed by atoms with E-state index in [9.17, 15) is 9.18 Å². The first-order chi connectivity index (χ1) is 14.1. The Kier molecular flexibility index (Phi) is 5.85. The lowest BCUT2D eigenvalue weighted by molar-refractivity contribution is -0.135. The standard InChI is InChI=1S/C22H28FN3O3/c1-3-15(2)26(21(27)16-8-9-16)14-18-20(17-6-4-5-7-19(17)23)24-29-22(18)25-10-12-28-13-11-25/h4-7,15-16H,3,8-14H2,1-2H3/t15-/m1/s1. The van der Waals surface area contributed by atoms with Gasteiger partial charge in [-0.15, -0.1) is 0 Å². The number of benzene rings is 1. The molecule has 1 aliphatic carbocycles. The van der Waals surface area contributed by atoms with Crippen molar-refractivity contribution in [3.8, 4) is 11.3 Å². The second-order valence-electron chi connectivity index (χ2n) is 7.89. The molecule has 0 radical (unpaired) electrons. The Bertz CT molecular complexity index is 859. The normalized spacial score (nSPS) is 18.0. The first-order valence-corrected chi connectivity index (χ1v) is 10.5. The number of ether oxygens (including phenoxy) is 1. The van der Waals surface area contributed by atoms with Gasteiger partial charge in [0, 0.05) is 30.6 Å². The highest BCUT2D eigenvalue weighted by molar-refractivity contribution is 5.82. The maximum Gasteiger partial charge on any atom is 0.233 e. The van der Waals surface area contributed by atoms with Crippen LogP contribution in [0.15, 0.2) is 28.8 Å². The molecule has 1 aliphatic heterocycles. The van der Waals surface area contributed by atoms with Gasteiger partial charge in [-0.25, -0.2) is 4.39 Å². The van der Waals surface area contributed by atoms with Crippen molar-refractivity contribution in [1.29, 1.82) is 0 Å². The second-order valence-corrected chi connectivity index (χ2v) is 7.89. The molecule has 29 heavy (non-hydrogen) atoms. The second kappa shape index (κ2) is 8.53. The zero-order chi connectivity index (χ0) is 20.4. The molecule has 0 unspecified atom stereocenters. The SMILES string of the molecule is CC[C@@H](C)N(Cc1c(-c2ccccc2F)noc1N1CCOCC1)C(=O)C1CC1. The van der Waals surface area contributed by atoms with Gasteiger partial charge < -0.3 is 19.1 Å². The van der Waals surface area contributed by atoms with Crippen LogP contribution >= 0.6 is 0 Å². The summed E-state index contributed by atoms with van der Waals surface area (Å²) in [5.74, 6) is 0.559. The van der Waals surface area contributed by atoms with E-state index in [2.05, 4.69) is 23.9 Å². The molecule has 7 heteroatoms. The number of nitrogens with zero attached hydrogens (tertiary/aromatic N) is 3. The minimum atomic E-state index is -0.348. The Morgan fingerprint density at radius 2 is 2.03 bits per heavy atom. The molecule has 1 saturated carbocycles. The van der Waals surface area contributed by atoms with Gasteiger partial charge in [0.25, 0.3) is 0 Å². The van der Waals surface area contributed by atoms with Crippen LogP contribution in [0.5, 0.6) is 0 Å². The van der Waals surface area contributed by atoms with Crippen LogP contribution in [0.2, 0.25) is 0 Å². The molecule has 1 aromatic carbocycles. The number of hydrogen-bond acceptors (Lipinski definition) is 5. The third-order valence-electron chi connectivity index (χ3n) is 5.86. The van der Waals surface area contributed by atoms with Gasteiger partial charge in [0.1, 0.15) is 11.5 Å². The van der Waals surface area contributed by atoms with Crippen LogP contribution in [0.1, 0.15) is 38.7 Å². The van der Waals surface area contributed by atoms with E-state index in [0.717, 1.165) is 24.8 Å². The summed E-state index contributed by atoms with van der Waals surface area (Å²) in [7, 11) is 0. The molecule has 6 nitrogen and oxygen atoms in total. The average Bonchev–Trinajstić information content (AvgIpc) is 3.52. The van der Waals surface area contributed by atoms with Crippen LogP contribution < -0.4 is 4.90 Å². The monoisotopic (exact) mass is 401 g/mol. The Labute approximate surface area is 170 Å². The van der Waals surface area contributed by atoms with E-state index in [1.54, 1.807) is 18.2 Å². The fourth-order valence-corrected chi connectivity index (χ4v) is 3.73. The van der Waals surface area contributed by atoms with Crippen LogP contribution in [-0.4, -0.2) is 48.3 Å². The van der Waals surface area contributed by atoms with Crippen molar-refractivity contribution in [3.05, 3.63) is 35.6 Å². The van der Waals surface area contributed by atoms with E-state index in [-0.39, 0.29) is 23.7 Å². The lowest BCUT2D eigenvalue weighted by Crippen LogP contribution is -2.40. The van der Waals surface area contributed by atoms with E-state index in [1.165, 1.54) is 6.07 Å². The Morgan fingerprint density at radius 1 is 1.31 bits per heavy atom. The van der Waals surface area contributed by atoms with Crippen LogP contribution in [0.3, 0.4) is 0 Å². The van der Waals surface area contributed by atoms with Gasteiger partial charge in [-0.05, 0) is 38.3 Å². The molecule has 2 fully saturated rings. The number of hydrogen-bond donors (Lipinski definition) is 0. The van der Waals surface area contributed by atoms with E-state index < -0.39 is 0 Å². The highest BCUT2D eigenvalue weighted by atomic mass is 19.1. The number of anilines is 1. The highest BCUT2D eigenvalue weighted by Crippen LogP contribution is 2.37. The molecular formula is C22H28FN3O3. The van der Waals surface area contributed by atoms with E-state index in [4.69, 9.17) is 9.26 Å². The smallest absolute Gasteiger partial charge is 0.233 e. The zero-order valence-corrected chi connectivity index (χ0v) is 17.1. The third-order valence-corrected chi connectivity index (χ3v) is 5.86. The fourth-order valence-electron chi connectivity index (χ4n) is 3.73. The molecular weight excluding hydrogens is 373 g/mol. The van der Waals surface area contributed by atoms with Crippen molar-refractivity contribution in [1.82, 2.24) is 10.1 Å². The summed E-state index contributed by atoms with van der Waals surface area (Å²) in [6, 6.07) is 6.65. The van der Waals surface area contributed by atoms with Crippen LogP contribution in [0, 0.1) is 11.7 Å². The summed E-state index contributed by atoms with van der Waals surface area (Å²) >= 11 is 0. The summed E-state index contributed by atoms with van der Waals surface area (Å²) in [5.41, 5.74) is 1.64. The molecule has 0 N–H and O–H groups in total.